The number of aromatic nitrogens is 1. The molecule has 2 N–H and O–H groups in total. The predicted molar refractivity (Wildman–Crippen MR) is 143 cm³/mol. The molecule has 2 fully saturated rings. The molecule has 1 aromatic carbocycles. The lowest BCUT2D eigenvalue weighted by atomic mass is 9.92. The number of esters is 1. The molecular formula is C29H37N3O6. The van der Waals surface area contributed by atoms with Gasteiger partial charge < -0.3 is 24.5 Å². The third-order valence-corrected chi connectivity index (χ3v) is 7.50. The number of aryl methyl sites for hydroxylation is 1. The zero-order chi connectivity index (χ0) is 27.6. The normalized spacial score (nSPS) is 19.9. The highest BCUT2D eigenvalue weighted by Crippen LogP contribution is 2.41. The first-order chi connectivity index (χ1) is 18.1. The number of amides is 1. The number of hydrogen-bond acceptors (Lipinski definition) is 7. The molecule has 2 aliphatic heterocycles. The minimum absolute atomic E-state index is 0.0280. The molecule has 3 heterocycles. The van der Waals surface area contributed by atoms with Crippen molar-refractivity contribution < 1.29 is 29.0 Å². The molecule has 0 bridgehead atoms. The summed E-state index contributed by atoms with van der Waals surface area (Å²) in [7, 11) is 1.28. The molecule has 1 aromatic heterocycles. The van der Waals surface area contributed by atoms with Gasteiger partial charge in [0.2, 0.25) is 0 Å². The summed E-state index contributed by atoms with van der Waals surface area (Å²) < 4.78 is 10.3. The van der Waals surface area contributed by atoms with Crippen LogP contribution in [0.3, 0.4) is 0 Å². The van der Waals surface area contributed by atoms with Gasteiger partial charge in [-0.25, -0.2) is 4.79 Å². The van der Waals surface area contributed by atoms with E-state index in [4.69, 9.17) is 9.47 Å². The molecule has 2 aromatic rings. The van der Waals surface area contributed by atoms with Gasteiger partial charge >= 0.3 is 5.97 Å². The monoisotopic (exact) mass is 523 g/mol. The van der Waals surface area contributed by atoms with Crippen LogP contribution in [0.1, 0.15) is 70.7 Å². The zero-order valence-corrected chi connectivity index (χ0v) is 22.8. The molecule has 1 atom stereocenters. The largest absolute Gasteiger partial charge is 0.507 e. The topological polar surface area (TPSA) is 112 Å². The van der Waals surface area contributed by atoms with E-state index in [0.717, 1.165) is 30.8 Å². The minimum atomic E-state index is -0.740. The van der Waals surface area contributed by atoms with Crippen LogP contribution in [0.5, 0.6) is 0 Å². The maximum absolute atomic E-state index is 13.4. The Bertz CT molecular complexity index is 1240. The summed E-state index contributed by atoms with van der Waals surface area (Å²) in [6.07, 6.45) is 0.683. The number of Topliss-reactive ketones (excluding diaryl/α,β-unsaturated/α-hetero) is 1. The molecule has 9 heteroatoms. The van der Waals surface area contributed by atoms with E-state index in [-0.39, 0.29) is 17.0 Å². The molecule has 0 spiro atoms. The van der Waals surface area contributed by atoms with Gasteiger partial charge in [-0.1, -0.05) is 38.1 Å². The Labute approximate surface area is 223 Å². The summed E-state index contributed by atoms with van der Waals surface area (Å²) >= 11 is 0. The number of hydrogen-bond donors (Lipinski definition) is 2. The fraction of sp³-hybridized carbons (Fsp3) is 0.483. The number of aliphatic hydroxyl groups is 1. The number of likely N-dealkylation sites (tertiary alicyclic amines) is 1. The van der Waals surface area contributed by atoms with Crippen molar-refractivity contribution in [1.29, 1.82) is 0 Å². The Kier molecular flexibility index (Phi) is 8.38. The quantitative estimate of drug-likeness (QED) is 0.235. The highest BCUT2D eigenvalue weighted by Gasteiger charge is 2.46. The predicted octanol–water partition coefficient (Wildman–Crippen LogP) is 3.69. The molecular weight excluding hydrogens is 486 g/mol. The number of carbonyl (C=O) groups excluding carboxylic acids is 3. The molecule has 0 saturated carbocycles. The van der Waals surface area contributed by atoms with E-state index < -0.39 is 23.7 Å². The number of morpholine rings is 1. The van der Waals surface area contributed by atoms with Gasteiger partial charge in [-0.15, -0.1) is 0 Å². The number of aromatic amines is 1. The Morgan fingerprint density at radius 1 is 1.13 bits per heavy atom. The van der Waals surface area contributed by atoms with E-state index in [0.29, 0.717) is 48.9 Å². The Balaban J connectivity index is 1.75. The zero-order valence-electron chi connectivity index (χ0n) is 22.8. The van der Waals surface area contributed by atoms with E-state index in [2.05, 4.69) is 23.7 Å². The number of ketones is 1. The van der Waals surface area contributed by atoms with Gasteiger partial charge in [0.1, 0.15) is 11.5 Å². The van der Waals surface area contributed by atoms with E-state index in [1.54, 1.807) is 18.7 Å². The average Bonchev–Trinajstić information content (AvgIpc) is 3.35. The van der Waals surface area contributed by atoms with E-state index >= 15 is 0 Å². The number of nitrogens with one attached hydrogen (secondary N) is 1. The van der Waals surface area contributed by atoms with E-state index in [1.165, 1.54) is 7.11 Å². The Hall–Kier alpha value is -3.43. The summed E-state index contributed by atoms with van der Waals surface area (Å²) in [5.74, 6) is -1.91. The highest BCUT2D eigenvalue weighted by molar-refractivity contribution is 6.46. The van der Waals surface area contributed by atoms with E-state index in [1.807, 2.05) is 24.3 Å². The van der Waals surface area contributed by atoms with Crippen LogP contribution >= 0.6 is 0 Å². The first-order valence-electron chi connectivity index (χ1n) is 13.1. The average molecular weight is 524 g/mol. The van der Waals surface area contributed by atoms with Gasteiger partial charge in [0.15, 0.2) is 0 Å². The lowest BCUT2D eigenvalue weighted by Crippen LogP contribution is -2.38. The van der Waals surface area contributed by atoms with Crippen LogP contribution in [-0.4, -0.2) is 84.1 Å². The van der Waals surface area contributed by atoms with Crippen LogP contribution in [-0.2, 0) is 19.1 Å². The van der Waals surface area contributed by atoms with Gasteiger partial charge in [-0.2, -0.15) is 0 Å². The van der Waals surface area contributed by atoms with Gasteiger partial charge in [-0.05, 0) is 42.9 Å². The third-order valence-electron chi connectivity index (χ3n) is 7.50. The van der Waals surface area contributed by atoms with Crippen molar-refractivity contribution in [2.45, 2.75) is 46.1 Å². The molecule has 38 heavy (non-hydrogen) atoms. The molecule has 204 valence electrons. The number of H-pyrrole nitrogens is 1. The standard InChI is InChI=1S/C29H37N3O6/c1-17(2)20-7-9-21(10-8-20)25-23(26(33)22-18(3)24(29(36)37-5)30-19(22)4)27(34)28(35)32(25)12-6-11-31-13-15-38-16-14-31/h7-10,17,25,30,33H,6,11-16H2,1-5H3/b26-23+/t25-/m1/s1. The minimum Gasteiger partial charge on any atom is -0.507 e. The van der Waals surface area contributed by atoms with Crippen molar-refractivity contribution in [3.8, 4) is 0 Å². The maximum atomic E-state index is 13.4. The second-order valence-corrected chi connectivity index (χ2v) is 10.2. The first-order valence-corrected chi connectivity index (χ1v) is 13.1. The SMILES string of the molecule is COC(=O)c1[nH]c(C)c(/C(O)=C2\C(=O)C(=O)N(CCCN3CCOCC3)[C@@H]2c2ccc(C(C)C)cc2)c1C. The lowest BCUT2D eigenvalue weighted by molar-refractivity contribution is -0.140. The summed E-state index contributed by atoms with van der Waals surface area (Å²) in [6.45, 7) is 11.8. The molecule has 2 aliphatic rings. The number of carbonyl (C=O) groups is 3. The van der Waals surface area contributed by atoms with Crippen molar-refractivity contribution in [3.05, 3.63) is 63.5 Å². The van der Waals surface area contributed by atoms with Crippen LogP contribution in [0, 0.1) is 13.8 Å². The van der Waals surface area contributed by atoms with Crippen molar-refractivity contribution in [1.82, 2.24) is 14.8 Å². The number of aliphatic hydroxyl groups excluding tert-OH is 1. The van der Waals surface area contributed by atoms with Crippen molar-refractivity contribution in [3.63, 3.8) is 0 Å². The van der Waals surface area contributed by atoms with Gasteiger partial charge in [0.05, 0.1) is 31.9 Å². The van der Waals surface area contributed by atoms with Gasteiger partial charge in [0.25, 0.3) is 11.7 Å². The smallest absolute Gasteiger partial charge is 0.354 e. The second-order valence-electron chi connectivity index (χ2n) is 10.2. The Morgan fingerprint density at radius 3 is 2.39 bits per heavy atom. The molecule has 9 nitrogen and oxygen atoms in total. The molecule has 2 saturated heterocycles. The summed E-state index contributed by atoms with van der Waals surface area (Å²) in [5, 5.41) is 11.5. The number of ether oxygens (including phenoxy) is 2. The van der Waals surface area contributed by atoms with Crippen molar-refractivity contribution >= 4 is 23.4 Å². The summed E-state index contributed by atoms with van der Waals surface area (Å²) in [6, 6.07) is 7.10. The number of rotatable bonds is 8. The lowest BCUT2D eigenvalue weighted by Gasteiger charge is -2.29. The molecule has 0 aliphatic carbocycles. The van der Waals surface area contributed by atoms with Crippen molar-refractivity contribution in [2.75, 3.05) is 46.5 Å². The molecule has 0 unspecified atom stereocenters. The highest BCUT2D eigenvalue weighted by atomic mass is 16.5. The van der Waals surface area contributed by atoms with E-state index in [9.17, 15) is 19.5 Å². The fourth-order valence-corrected chi connectivity index (χ4v) is 5.36. The molecule has 1 amide bonds. The summed E-state index contributed by atoms with van der Waals surface area (Å²) in [4.78, 5) is 45.8. The molecule has 4 rings (SSSR count). The molecule has 0 radical (unpaired) electrons. The fourth-order valence-electron chi connectivity index (χ4n) is 5.36. The Morgan fingerprint density at radius 2 is 1.79 bits per heavy atom. The third kappa shape index (κ3) is 5.26. The number of methoxy groups -OCH3 is 1. The van der Waals surface area contributed by atoms with Crippen molar-refractivity contribution in [2.24, 2.45) is 0 Å². The second kappa shape index (κ2) is 11.5. The van der Waals surface area contributed by atoms with Crippen LogP contribution < -0.4 is 0 Å². The van der Waals surface area contributed by atoms with Gasteiger partial charge in [0, 0.05) is 37.4 Å². The van der Waals surface area contributed by atoms with Crippen LogP contribution in [0.4, 0.5) is 0 Å². The summed E-state index contributed by atoms with van der Waals surface area (Å²) in [5.41, 5.74) is 3.41. The first kappa shape index (κ1) is 27.6. The number of nitrogens with zero attached hydrogens (tertiary/aromatic N) is 2. The van der Waals surface area contributed by atoms with Crippen LogP contribution in [0.2, 0.25) is 0 Å². The number of benzene rings is 1. The van der Waals surface area contributed by atoms with Gasteiger partial charge in [-0.3, -0.25) is 14.5 Å². The maximum Gasteiger partial charge on any atom is 0.354 e. The van der Waals surface area contributed by atoms with Crippen LogP contribution in [0.25, 0.3) is 5.76 Å². The van der Waals surface area contributed by atoms with Crippen LogP contribution in [0.15, 0.2) is 29.8 Å².